The summed E-state index contributed by atoms with van der Waals surface area (Å²) in [5.41, 5.74) is 4.87. The van der Waals surface area contributed by atoms with E-state index < -0.39 is 0 Å². The van der Waals surface area contributed by atoms with Gasteiger partial charge in [-0.05, 0) is 41.6 Å². The Labute approximate surface area is 187 Å². The Morgan fingerprint density at radius 3 is 2.78 bits per heavy atom. The first-order valence-corrected chi connectivity index (χ1v) is 10.9. The highest BCUT2D eigenvalue weighted by atomic mass is 16.5. The highest BCUT2D eigenvalue weighted by molar-refractivity contribution is 6.05. The van der Waals surface area contributed by atoms with E-state index in [1.165, 1.54) is 11.1 Å². The summed E-state index contributed by atoms with van der Waals surface area (Å²) >= 11 is 0. The molecule has 2 aromatic carbocycles. The van der Waals surface area contributed by atoms with Crippen molar-refractivity contribution in [1.29, 1.82) is 0 Å². The zero-order valence-electron chi connectivity index (χ0n) is 18.1. The molecule has 0 saturated carbocycles. The number of ether oxygens (including phenoxy) is 1. The molecule has 3 heterocycles. The van der Waals surface area contributed by atoms with Gasteiger partial charge in [0.2, 0.25) is 0 Å². The maximum Gasteiger partial charge on any atom is 0.273 e. The molecule has 1 unspecified atom stereocenters. The minimum atomic E-state index is -0.250. The number of carbonyl (C=O) groups excluding carboxylic acids is 1. The van der Waals surface area contributed by atoms with Crippen LogP contribution in [-0.4, -0.2) is 40.5 Å². The quantitative estimate of drug-likeness (QED) is 0.476. The van der Waals surface area contributed by atoms with Gasteiger partial charge in [-0.2, -0.15) is 0 Å². The molecule has 1 amide bonds. The van der Waals surface area contributed by atoms with Gasteiger partial charge in [0.1, 0.15) is 11.8 Å². The van der Waals surface area contributed by atoms with Gasteiger partial charge < -0.3 is 9.64 Å². The molecule has 1 fully saturated rings. The lowest BCUT2D eigenvalue weighted by molar-refractivity contribution is -0.0249. The van der Waals surface area contributed by atoms with E-state index in [2.05, 4.69) is 36.2 Å². The Hall–Kier alpha value is -3.57. The standard InChI is InChI=1S/C27H25N3O2/c1-19-7-2-3-9-21(19)17-22-10-6-12-24(29-22)25-18-30(15-16-32-25)27(31)26-23-11-5-4-8-20(23)13-14-28-26/h2-14,25H,15-18H2,1H3. The summed E-state index contributed by atoms with van der Waals surface area (Å²) in [4.78, 5) is 24.4. The molecular formula is C27H25N3O2. The lowest BCUT2D eigenvalue weighted by Crippen LogP contribution is -2.42. The predicted octanol–water partition coefficient (Wildman–Crippen LogP) is 4.74. The first-order valence-electron chi connectivity index (χ1n) is 10.9. The van der Waals surface area contributed by atoms with Gasteiger partial charge in [-0.15, -0.1) is 0 Å². The van der Waals surface area contributed by atoms with Crippen molar-refractivity contribution in [2.75, 3.05) is 19.7 Å². The first kappa shape index (κ1) is 20.3. The van der Waals surface area contributed by atoms with E-state index in [4.69, 9.17) is 9.72 Å². The molecular weight excluding hydrogens is 398 g/mol. The normalized spacial score (nSPS) is 16.3. The van der Waals surface area contributed by atoms with Crippen LogP contribution in [-0.2, 0) is 11.2 Å². The summed E-state index contributed by atoms with van der Waals surface area (Å²) in [6.45, 7) is 3.60. The van der Waals surface area contributed by atoms with Crippen LogP contribution in [0, 0.1) is 6.92 Å². The number of fused-ring (bicyclic) bond motifs is 1. The van der Waals surface area contributed by atoms with Crippen LogP contribution in [0.15, 0.2) is 79.0 Å². The highest BCUT2D eigenvalue weighted by Gasteiger charge is 2.28. The van der Waals surface area contributed by atoms with Gasteiger partial charge in [-0.25, -0.2) is 0 Å². The van der Waals surface area contributed by atoms with E-state index in [9.17, 15) is 4.79 Å². The second kappa shape index (κ2) is 8.89. The zero-order chi connectivity index (χ0) is 21.9. The molecule has 0 bridgehead atoms. The molecule has 1 aliphatic rings. The second-order valence-electron chi connectivity index (χ2n) is 8.15. The Balaban J connectivity index is 1.36. The minimum Gasteiger partial charge on any atom is -0.368 e. The number of carbonyl (C=O) groups is 1. The van der Waals surface area contributed by atoms with Gasteiger partial charge in [-0.3, -0.25) is 14.8 Å². The molecule has 2 aromatic heterocycles. The Bertz CT molecular complexity index is 1270. The van der Waals surface area contributed by atoms with Crippen molar-refractivity contribution in [3.8, 4) is 0 Å². The van der Waals surface area contributed by atoms with E-state index in [1.54, 1.807) is 6.20 Å². The van der Waals surface area contributed by atoms with Gasteiger partial charge >= 0.3 is 0 Å². The summed E-state index contributed by atoms with van der Waals surface area (Å²) in [7, 11) is 0. The van der Waals surface area contributed by atoms with Crippen molar-refractivity contribution in [1.82, 2.24) is 14.9 Å². The SMILES string of the molecule is Cc1ccccc1Cc1cccc(C2CN(C(=O)c3nccc4ccccc34)CCO2)n1. The smallest absolute Gasteiger partial charge is 0.273 e. The number of hydrogen-bond donors (Lipinski definition) is 0. The number of nitrogens with zero attached hydrogens (tertiary/aromatic N) is 3. The third-order valence-electron chi connectivity index (χ3n) is 6.02. The lowest BCUT2D eigenvalue weighted by atomic mass is 10.0. The van der Waals surface area contributed by atoms with Crippen LogP contribution < -0.4 is 0 Å². The predicted molar refractivity (Wildman–Crippen MR) is 125 cm³/mol. The molecule has 5 heteroatoms. The summed E-state index contributed by atoms with van der Waals surface area (Å²) in [5, 5.41) is 1.89. The van der Waals surface area contributed by atoms with E-state index >= 15 is 0 Å². The Morgan fingerprint density at radius 1 is 1.03 bits per heavy atom. The van der Waals surface area contributed by atoms with Crippen LogP contribution in [0.3, 0.4) is 0 Å². The molecule has 4 aromatic rings. The zero-order valence-corrected chi connectivity index (χ0v) is 18.1. The van der Waals surface area contributed by atoms with Crippen molar-refractivity contribution in [3.05, 3.63) is 107 Å². The third-order valence-corrected chi connectivity index (χ3v) is 6.02. The number of benzene rings is 2. The van der Waals surface area contributed by atoms with E-state index in [1.807, 2.05) is 53.4 Å². The summed E-state index contributed by atoms with van der Waals surface area (Å²) in [5.74, 6) is -0.0637. The molecule has 0 radical (unpaired) electrons. The number of aromatic nitrogens is 2. The molecule has 0 N–H and O–H groups in total. The third kappa shape index (κ3) is 4.12. The maximum atomic E-state index is 13.3. The summed E-state index contributed by atoms with van der Waals surface area (Å²) < 4.78 is 6.02. The molecule has 32 heavy (non-hydrogen) atoms. The van der Waals surface area contributed by atoms with Crippen molar-refractivity contribution in [2.24, 2.45) is 0 Å². The van der Waals surface area contributed by atoms with Crippen molar-refractivity contribution >= 4 is 16.7 Å². The molecule has 0 spiro atoms. The average Bonchev–Trinajstić information content (AvgIpc) is 2.85. The lowest BCUT2D eigenvalue weighted by Gasteiger charge is -2.32. The molecule has 160 valence electrons. The molecule has 1 saturated heterocycles. The largest absolute Gasteiger partial charge is 0.368 e. The van der Waals surface area contributed by atoms with Gasteiger partial charge in [-0.1, -0.05) is 54.6 Å². The van der Waals surface area contributed by atoms with Crippen molar-refractivity contribution < 1.29 is 9.53 Å². The van der Waals surface area contributed by atoms with Crippen LogP contribution in [0.2, 0.25) is 0 Å². The van der Waals surface area contributed by atoms with Gasteiger partial charge in [0, 0.05) is 30.2 Å². The van der Waals surface area contributed by atoms with Crippen LogP contribution >= 0.6 is 0 Å². The molecule has 1 atom stereocenters. The van der Waals surface area contributed by atoms with Crippen LogP contribution in [0.25, 0.3) is 10.8 Å². The monoisotopic (exact) mass is 423 g/mol. The summed E-state index contributed by atoms with van der Waals surface area (Å²) in [6.07, 6.45) is 2.22. The average molecular weight is 424 g/mol. The summed E-state index contributed by atoms with van der Waals surface area (Å²) in [6, 6.07) is 24.2. The Kier molecular flexibility index (Phi) is 5.65. The van der Waals surface area contributed by atoms with Crippen LogP contribution in [0.1, 0.15) is 39.1 Å². The minimum absolute atomic E-state index is 0.0637. The number of aryl methyl sites for hydroxylation is 1. The number of pyridine rings is 2. The fourth-order valence-corrected chi connectivity index (χ4v) is 4.23. The first-order chi connectivity index (χ1) is 15.7. The van der Waals surface area contributed by atoms with E-state index in [0.717, 1.165) is 28.6 Å². The topological polar surface area (TPSA) is 55.3 Å². The van der Waals surface area contributed by atoms with Crippen LogP contribution in [0.5, 0.6) is 0 Å². The van der Waals surface area contributed by atoms with Gasteiger partial charge in [0.15, 0.2) is 0 Å². The van der Waals surface area contributed by atoms with Crippen molar-refractivity contribution in [2.45, 2.75) is 19.4 Å². The van der Waals surface area contributed by atoms with E-state index in [-0.39, 0.29) is 12.0 Å². The molecule has 0 aliphatic carbocycles. The Morgan fingerprint density at radius 2 is 1.88 bits per heavy atom. The molecule has 5 nitrogen and oxygen atoms in total. The van der Waals surface area contributed by atoms with Gasteiger partial charge in [0.25, 0.3) is 5.91 Å². The van der Waals surface area contributed by atoms with E-state index in [0.29, 0.717) is 25.4 Å². The fourth-order valence-electron chi connectivity index (χ4n) is 4.23. The van der Waals surface area contributed by atoms with Gasteiger partial charge in [0.05, 0.1) is 18.8 Å². The fraction of sp³-hybridized carbons (Fsp3) is 0.222. The van der Waals surface area contributed by atoms with Crippen LogP contribution in [0.4, 0.5) is 0 Å². The second-order valence-corrected chi connectivity index (χ2v) is 8.15. The number of rotatable bonds is 4. The highest BCUT2D eigenvalue weighted by Crippen LogP contribution is 2.24. The number of amides is 1. The molecule has 5 rings (SSSR count). The number of hydrogen-bond acceptors (Lipinski definition) is 4. The van der Waals surface area contributed by atoms with Crippen molar-refractivity contribution in [3.63, 3.8) is 0 Å². The molecule has 1 aliphatic heterocycles. The maximum absolute atomic E-state index is 13.3. The number of morpholine rings is 1.